The Labute approximate surface area is 510 Å². The second-order valence-electron chi connectivity index (χ2n) is 29.9. The molecule has 0 spiro atoms. The summed E-state index contributed by atoms with van der Waals surface area (Å²) >= 11 is 0. The van der Waals surface area contributed by atoms with Gasteiger partial charge in [-0.05, 0) is 136 Å². The van der Waals surface area contributed by atoms with E-state index in [9.17, 15) is 18.7 Å². The van der Waals surface area contributed by atoms with Crippen LogP contribution in [0.2, 0.25) is 54.4 Å². The molecule has 5 fully saturated rings. The molecule has 9 rings (SSSR count). The Bertz CT molecular complexity index is 2400. The zero-order chi connectivity index (χ0) is 62.1. The van der Waals surface area contributed by atoms with E-state index in [1.54, 1.807) is 13.0 Å². The summed E-state index contributed by atoms with van der Waals surface area (Å²) in [6.45, 7) is 43.8. The topological polar surface area (TPSA) is 187 Å². The molecule has 0 aromatic carbocycles. The van der Waals surface area contributed by atoms with Crippen molar-refractivity contribution in [1.29, 1.82) is 0 Å². The molecule has 21 heteroatoms. The standard InChI is InChI=1S/C63H106O16P2Si3/c1-20-53(65)69-36-44-37(2)31-42-24-27-45-38(3)32-41(70-45)23-21-40(64)22-26-48(77-82(14,15)61(5,6)7)58-60(79-84(18,19)63(11,12)13)59(78-83(16,17)62(8,9)10)57-47(75-58)28-25-43(72-57)33-54(66)76-56-39(4)55-51(73-50(56)34-49(44)71-42)35-52(81-68)46(74-55)29-30-80-67/h22,26,39,41-43,45-52,55-60H,3,20-21,23-25,27-36H2,1-2,4-19H3. The van der Waals surface area contributed by atoms with Crippen molar-refractivity contribution in [1.82, 2.24) is 0 Å². The maximum absolute atomic E-state index is 15.0. The number of hydrogen-bond acceptors (Lipinski definition) is 16. The number of carbonyl (C=O) groups excluding carboxylic acids is 3. The smallest absolute Gasteiger partial charge is 0.308 e. The maximum atomic E-state index is 15.0. The van der Waals surface area contributed by atoms with Gasteiger partial charge in [-0.1, -0.05) is 94.4 Å². The SMILES string of the molecule is C=C1CC2CCC(=O)C=CC(O[Si](C)(C)C(C)(C)C)C3OC4CCC(CC(=O)OC5C(CC6OC(CCC1O2)CC(C)=C6COC(=O)CC)OC1CC(P=O)C(CCP=O)OC1C5C)OC4C(O[Si](C)(C)C(C)(C)C)C3O[Si](C)(C)C(C)(C)C. The highest BCUT2D eigenvalue weighted by Gasteiger charge is 2.59. The van der Waals surface area contributed by atoms with Crippen LogP contribution in [0.3, 0.4) is 0 Å². The first kappa shape index (κ1) is 69.8. The van der Waals surface area contributed by atoms with Gasteiger partial charge >= 0.3 is 11.9 Å². The first-order valence-electron chi connectivity index (χ1n) is 31.6. The molecule has 9 heterocycles. The molecule has 0 aliphatic carbocycles. The van der Waals surface area contributed by atoms with Gasteiger partial charge in [-0.15, -0.1) is 0 Å². The molecule has 0 saturated carbocycles. The molecule has 18 unspecified atom stereocenters. The summed E-state index contributed by atoms with van der Waals surface area (Å²) < 4.78 is 102. The van der Waals surface area contributed by atoms with Crippen molar-refractivity contribution in [2.24, 2.45) is 5.92 Å². The lowest BCUT2D eigenvalue weighted by molar-refractivity contribution is -0.269. The normalized spacial score (nSPS) is 36.6. The lowest BCUT2D eigenvalue weighted by Gasteiger charge is -2.56. The molecule has 5 saturated heterocycles. The number of allylic oxidation sites excluding steroid dienone is 1. The molecule has 0 radical (unpaired) electrons. The number of ketones is 1. The predicted octanol–water partition coefficient (Wildman–Crippen LogP) is 13.9. The van der Waals surface area contributed by atoms with Crippen LogP contribution in [0.5, 0.6) is 0 Å². The Kier molecular flexibility index (Phi) is 23.5. The molecule has 18 atom stereocenters. The van der Waals surface area contributed by atoms with Crippen molar-refractivity contribution in [3.05, 3.63) is 35.5 Å². The Balaban J connectivity index is 1.32. The minimum absolute atomic E-state index is 0.0194. The van der Waals surface area contributed by atoms with Crippen LogP contribution in [0.4, 0.5) is 0 Å². The third kappa shape index (κ3) is 16.8. The van der Waals surface area contributed by atoms with E-state index in [2.05, 4.69) is 115 Å². The molecule has 0 amide bonds. The first-order chi connectivity index (χ1) is 39.1. The summed E-state index contributed by atoms with van der Waals surface area (Å²) in [7, 11) is -7.94. The average Bonchev–Trinajstić information content (AvgIpc) is 1.05. The zero-order valence-electron chi connectivity index (χ0n) is 54.3. The molecule has 0 N–H and O–H groups in total. The summed E-state index contributed by atoms with van der Waals surface area (Å²) in [6.07, 6.45) is 1.26. The second kappa shape index (κ2) is 28.2. The summed E-state index contributed by atoms with van der Waals surface area (Å²) in [6, 6.07) is 0. The van der Waals surface area contributed by atoms with E-state index < -0.39 is 110 Å². The van der Waals surface area contributed by atoms with Crippen LogP contribution in [-0.2, 0) is 74.7 Å². The van der Waals surface area contributed by atoms with E-state index in [1.165, 1.54) is 0 Å². The highest BCUT2D eigenvalue weighted by molar-refractivity contribution is 7.25. The van der Waals surface area contributed by atoms with Gasteiger partial charge in [0, 0.05) is 31.3 Å². The molecule has 0 aromatic heterocycles. The van der Waals surface area contributed by atoms with Crippen molar-refractivity contribution in [3.8, 4) is 0 Å². The highest BCUT2D eigenvalue weighted by Crippen LogP contribution is 2.49. The van der Waals surface area contributed by atoms with E-state index in [0.29, 0.717) is 63.9 Å². The van der Waals surface area contributed by atoms with E-state index in [4.69, 9.17) is 51.2 Å². The van der Waals surface area contributed by atoms with Crippen molar-refractivity contribution >= 4 is 59.6 Å². The van der Waals surface area contributed by atoms with Crippen molar-refractivity contribution in [2.75, 3.05) is 12.8 Å². The van der Waals surface area contributed by atoms with Crippen LogP contribution >= 0.6 is 16.9 Å². The molecule has 9 aliphatic heterocycles. The van der Waals surface area contributed by atoms with E-state index >= 15 is 4.79 Å². The molecular weight excluding hydrogens is 1160 g/mol. The van der Waals surface area contributed by atoms with Crippen LogP contribution in [0.1, 0.15) is 167 Å². The van der Waals surface area contributed by atoms with Crippen molar-refractivity contribution in [3.63, 3.8) is 0 Å². The average molecular weight is 1270 g/mol. The molecule has 16 nitrogen and oxygen atoms in total. The van der Waals surface area contributed by atoms with E-state index in [-0.39, 0.29) is 106 Å². The number of ether oxygens (including phenoxy) is 8. The Hall–Kier alpha value is -1.68. The van der Waals surface area contributed by atoms with Crippen LogP contribution in [-0.4, -0.2) is 159 Å². The van der Waals surface area contributed by atoms with Gasteiger partial charge in [0.05, 0.1) is 79.2 Å². The molecular formula is C63H106O16P2Si3. The van der Waals surface area contributed by atoms with Gasteiger partial charge in [0.1, 0.15) is 37.1 Å². The lowest BCUT2D eigenvalue weighted by atomic mass is 9.80. The van der Waals surface area contributed by atoms with Crippen molar-refractivity contribution < 1.29 is 74.7 Å². The van der Waals surface area contributed by atoms with Crippen LogP contribution in [0.25, 0.3) is 0 Å². The fraction of sp³-hybridized carbons (Fsp3) is 0.857. The fourth-order valence-electron chi connectivity index (χ4n) is 12.4. The number of carbonyl (C=O) groups is 3. The Morgan fingerprint density at radius 1 is 0.667 bits per heavy atom. The van der Waals surface area contributed by atoms with E-state index in [0.717, 1.165) is 16.7 Å². The quantitative estimate of drug-likeness (QED) is 0.0733. The number of fused-ring (bicyclic) bond motifs is 3. The minimum Gasteiger partial charge on any atom is -0.461 e. The molecule has 8 bridgehead atoms. The number of rotatable bonds is 13. The summed E-state index contributed by atoms with van der Waals surface area (Å²) in [5.74, 6) is -1.19. The Morgan fingerprint density at radius 2 is 1.25 bits per heavy atom. The number of esters is 2. The second-order valence-corrected chi connectivity index (χ2v) is 45.8. The molecule has 9 aliphatic rings. The maximum Gasteiger partial charge on any atom is 0.308 e. The van der Waals surface area contributed by atoms with Crippen LogP contribution < -0.4 is 0 Å². The first-order valence-corrected chi connectivity index (χ1v) is 42.2. The fourth-order valence-corrected chi connectivity index (χ4v) is 17.3. The molecule has 84 heavy (non-hydrogen) atoms. The Morgan fingerprint density at radius 3 is 1.87 bits per heavy atom. The van der Waals surface area contributed by atoms with Gasteiger partial charge in [-0.25, -0.2) is 0 Å². The van der Waals surface area contributed by atoms with Crippen LogP contribution in [0, 0.1) is 5.92 Å². The monoisotopic (exact) mass is 1260 g/mol. The lowest BCUT2D eigenvalue weighted by Crippen LogP contribution is -2.69. The van der Waals surface area contributed by atoms with Gasteiger partial charge in [-0.3, -0.25) is 23.5 Å². The molecule has 476 valence electrons. The van der Waals surface area contributed by atoms with E-state index in [1.807, 2.05) is 13.0 Å². The molecule has 0 aromatic rings. The third-order valence-electron chi connectivity index (χ3n) is 20.7. The van der Waals surface area contributed by atoms with Gasteiger partial charge in [-0.2, -0.15) is 0 Å². The largest absolute Gasteiger partial charge is 0.461 e. The predicted molar refractivity (Wildman–Crippen MR) is 334 cm³/mol. The minimum atomic E-state index is -2.64. The van der Waals surface area contributed by atoms with Crippen LogP contribution in [0.15, 0.2) is 35.5 Å². The van der Waals surface area contributed by atoms with Gasteiger partial charge in [0.25, 0.3) is 0 Å². The highest BCUT2D eigenvalue weighted by atomic mass is 31.1. The van der Waals surface area contributed by atoms with Gasteiger partial charge in [0.2, 0.25) is 0 Å². The summed E-state index contributed by atoms with van der Waals surface area (Å²) in [5.41, 5.74) is 2.52. The van der Waals surface area contributed by atoms with Gasteiger partial charge in [0.15, 0.2) is 47.7 Å². The zero-order valence-corrected chi connectivity index (χ0v) is 59.1. The summed E-state index contributed by atoms with van der Waals surface area (Å²) in [5, 5.41) is -0.587. The third-order valence-corrected chi connectivity index (χ3v) is 35.3. The van der Waals surface area contributed by atoms with Gasteiger partial charge < -0.3 is 51.2 Å². The van der Waals surface area contributed by atoms with Crippen molar-refractivity contribution in [2.45, 2.75) is 324 Å². The summed E-state index contributed by atoms with van der Waals surface area (Å²) in [4.78, 5) is 42.0. The number of hydrogen-bond donors (Lipinski definition) is 0.